The third-order valence-electron chi connectivity index (χ3n) is 4.36. The van der Waals surface area contributed by atoms with Crippen LogP contribution in [0.5, 0.6) is 0 Å². The highest BCUT2D eigenvalue weighted by molar-refractivity contribution is 5.96. The van der Waals surface area contributed by atoms with Gasteiger partial charge in [-0.15, -0.1) is 10.2 Å². The Kier molecular flexibility index (Phi) is 7.20. The molecular formula is C22H24N6O2. The number of para-hydroxylation sites is 2. The van der Waals surface area contributed by atoms with E-state index < -0.39 is 0 Å². The van der Waals surface area contributed by atoms with E-state index in [9.17, 15) is 9.59 Å². The fourth-order valence-electron chi connectivity index (χ4n) is 2.94. The Balaban J connectivity index is 1.87. The lowest BCUT2D eigenvalue weighted by molar-refractivity contribution is -0.116. The van der Waals surface area contributed by atoms with Gasteiger partial charge >= 0.3 is 0 Å². The van der Waals surface area contributed by atoms with Crippen LogP contribution in [-0.2, 0) is 9.59 Å². The third kappa shape index (κ3) is 5.25. The van der Waals surface area contributed by atoms with E-state index >= 15 is 0 Å². The van der Waals surface area contributed by atoms with Crippen LogP contribution < -0.4 is 22.1 Å². The molecule has 30 heavy (non-hydrogen) atoms. The largest absolute Gasteiger partial charge is 0.330 e. The van der Waals surface area contributed by atoms with Crippen LogP contribution in [0.2, 0.25) is 0 Å². The second kappa shape index (κ2) is 10.2. The van der Waals surface area contributed by atoms with Crippen molar-refractivity contribution in [2.45, 2.75) is 12.8 Å². The second-order valence-corrected chi connectivity index (χ2v) is 6.57. The molecule has 154 valence electrons. The molecule has 0 aliphatic carbocycles. The van der Waals surface area contributed by atoms with Gasteiger partial charge in [0, 0.05) is 37.1 Å². The molecule has 0 bridgehead atoms. The van der Waals surface area contributed by atoms with Gasteiger partial charge in [-0.25, -0.2) is 0 Å². The average Bonchev–Trinajstić information content (AvgIpc) is 2.75. The van der Waals surface area contributed by atoms with E-state index in [1.165, 1.54) is 0 Å². The minimum atomic E-state index is -0.156. The molecule has 0 saturated carbocycles. The number of benzene rings is 2. The molecule has 2 aromatic carbocycles. The number of carbonyl (C=O) groups excluding carboxylic acids is 2. The number of amides is 2. The topological polar surface area (TPSA) is 136 Å². The highest BCUT2D eigenvalue weighted by atomic mass is 16.2. The van der Waals surface area contributed by atoms with E-state index in [0.29, 0.717) is 22.8 Å². The molecule has 0 radical (unpaired) electrons. The van der Waals surface area contributed by atoms with Crippen LogP contribution in [-0.4, -0.2) is 35.1 Å². The highest BCUT2D eigenvalue weighted by Gasteiger charge is 2.12. The number of nitrogens with zero attached hydrogens (tertiary/aromatic N) is 2. The van der Waals surface area contributed by atoms with E-state index in [-0.39, 0.29) is 37.7 Å². The van der Waals surface area contributed by atoms with Crippen LogP contribution in [0.3, 0.4) is 0 Å². The monoisotopic (exact) mass is 404 g/mol. The molecule has 0 atom stereocenters. The Morgan fingerprint density at radius 3 is 1.43 bits per heavy atom. The van der Waals surface area contributed by atoms with Crippen LogP contribution in [0.15, 0.2) is 60.7 Å². The van der Waals surface area contributed by atoms with Gasteiger partial charge in [0.05, 0.1) is 22.8 Å². The van der Waals surface area contributed by atoms with Crippen molar-refractivity contribution in [2.24, 2.45) is 11.5 Å². The normalized spacial score (nSPS) is 10.5. The Labute approximate surface area is 174 Å². The van der Waals surface area contributed by atoms with Gasteiger partial charge in [0.15, 0.2) is 0 Å². The van der Waals surface area contributed by atoms with Gasteiger partial charge in [0.25, 0.3) is 0 Å². The van der Waals surface area contributed by atoms with Crippen molar-refractivity contribution in [1.82, 2.24) is 10.2 Å². The van der Waals surface area contributed by atoms with Crippen molar-refractivity contribution in [3.05, 3.63) is 60.7 Å². The zero-order chi connectivity index (χ0) is 21.3. The lowest BCUT2D eigenvalue weighted by Crippen LogP contribution is -2.16. The molecule has 0 unspecified atom stereocenters. The molecular weight excluding hydrogens is 380 g/mol. The maximum absolute atomic E-state index is 11.9. The number of aromatic nitrogens is 2. The van der Waals surface area contributed by atoms with Crippen molar-refractivity contribution < 1.29 is 9.59 Å². The molecule has 3 aromatic rings. The molecule has 0 aliphatic heterocycles. The first-order chi connectivity index (χ1) is 14.6. The van der Waals surface area contributed by atoms with Gasteiger partial charge < -0.3 is 22.1 Å². The van der Waals surface area contributed by atoms with Gasteiger partial charge in [-0.1, -0.05) is 36.4 Å². The van der Waals surface area contributed by atoms with E-state index in [4.69, 9.17) is 11.5 Å². The van der Waals surface area contributed by atoms with Crippen molar-refractivity contribution in [3.8, 4) is 22.5 Å². The Hall–Kier alpha value is -3.62. The lowest BCUT2D eigenvalue weighted by Gasteiger charge is -2.12. The molecule has 0 aliphatic rings. The molecule has 3 rings (SSSR count). The van der Waals surface area contributed by atoms with E-state index in [1.807, 2.05) is 60.7 Å². The van der Waals surface area contributed by atoms with Gasteiger partial charge in [-0.05, 0) is 24.3 Å². The maximum Gasteiger partial charge on any atom is 0.225 e. The van der Waals surface area contributed by atoms with Crippen LogP contribution in [0.1, 0.15) is 12.8 Å². The minimum Gasteiger partial charge on any atom is -0.330 e. The fraction of sp³-hybridized carbons (Fsp3) is 0.182. The predicted octanol–water partition coefficient (Wildman–Crippen LogP) is 2.39. The van der Waals surface area contributed by atoms with Crippen molar-refractivity contribution >= 4 is 23.2 Å². The van der Waals surface area contributed by atoms with Crippen LogP contribution in [0.4, 0.5) is 11.4 Å². The molecule has 0 saturated heterocycles. The summed E-state index contributed by atoms with van der Waals surface area (Å²) < 4.78 is 0. The molecule has 8 heteroatoms. The summed E-state index contributed by atoms with van der Waals surface area (Å²) in [6.07, 6.45) is 0.483. The number of rotatable bonds is 8. The molecule has 0 spiro atoms. The fourth-order valence-corrected chi connectivity index (χ4v) is 2.94. The molecule has 6 N–H and O–H groups in total. The quantitative estimate of drug-likeness (QED) is 0.455. The third-order valence-corrected chi connectivity index (χ3v) is 4.36. The summed E-state index contributed by atoms with van der Waals surface area (Å²) in [6.45, 7) is 0.563. The molecule has 0 fully saturated rings. The molecule has 1 heterocycles. The summed E-state index contributed by atoms with van der Waals surface area (Å²) in [5.74, 6) is -0.312. The average molecular weight is 404 g/mol. The summed E-state index contributed by atoms with van der Waals surface area (Å²) in [7, 11) is 0. The number of nitrogens with one attached hydrogen (secondary N) is 2. The van der Waals surface area contributed by atoms with E-state index in [2.05, 4.69) is 20.8 Å². The standard InChI is InChI=1S/C22H24N6O2/c23-13-11-21(29)25-17-7-3-1-5-15(17)19-9-10-20(28-27-19)16-6-2-4-8-18(16)26-22(30)12-14-24/h1-10H,11-14,23-24H2,(H,25,29)(H,26,30). The van der Waals surface area contributed by atoms with Gasteiger partial charge in [-0.3, -0.25) is 9.59 Å². The van der Waals surface area contributed by atoms with Gasteiger partial charge in [-0.2, -0.15) is 0 Å². The molecule has 1 aromatic heterocycles. The lowest BCUT2D eigenvalue weighted by atomic mass is 10.1. The van der Waals surface area contributed by atoms with Gasteiger partial charge in [0.1, 0.15) is 0 Å². The zero-order valence-corrected chi connectivity index (χ0v) is 16.5. The molecule has 2 amide bonds. The van der Waals surface area contributed by atoms with Gasteiger partial charge in [0.2, 0.25) is 11.8 Å². The summed E-state index contributed by atoms with van der Waals surface area (Å²) in [5.41, 5.74) is 14.9. The first-order valence-electron chi connectivity index (χ1n) is 9.64. The van der Waals surface area contributed by atoms with Crippen molar-refractivity contribution in [1.29, 1.82) is 0 Å². The van der Waals surface area contributed by atoms with E-state index in [0.717, 1.165) is 11.1 Å². The second-order valence-electron chi connectivity index (χ2n) is 6.57. The minimum absolute atomic E-state index is 0.156. The first kappa shape index (κ1) is 21.1. The van der Waals surface area contributed by atoms with Crippen LogP contribution in [0.25, 0.3) is 22.5 Å². The van der Waals surface area contributed by atoms with Crippen LogP contribution in [0, 0.1) is 0 Å². The summed E-state index contributed by atoms with van der Waals surface area (Å²) in [6, 6.07) is 18.4. The van der Waals surface area contributed by atoms with Crippen molar-refractivity contribution in [3.63, 3.8) is 0 Å². The number of anilines is 2. The maximum atomic E-state index is 11.9. The number of hydrogen-bond donors (Lipinski definition) is 4. The first-order valence-corrected chi connectivity index (χ1v) is 9.64. The summed E-state index contributed by atoms with van der Waals surface area (Å²) in [4.78, 5) is 23.9. The Morgan fingerprint density at radius 1 is 0.667 bits per heavy atom. The summed E-state index contributed by atoms with van der Waals surface area (Å²) >= 11 is 0. The highest BCUT2D eigenvalue weighted by Crippen LogP contribution is 2.29. The zero-order valence-electron chi connectivity index (χ0n) is 16.5. The number of carbonyl (C=O) groups is 2. The predicted molar refractivity (Wildman–Crippen MR) is 118 cm³/mol. The Bertz CT molecular complexity index is 938. The van der Waals surface area contributed by atoms with E-state index in [1.54, 1.807) is 0 Å². The number of hydrogen-bond acceptors (Lipinski definition) is 6. The molecule has 8 nitrogen and oxygen atoms in total. The van der Waals surface area contributed by atoms with Crippen molar-refractivity contribution in [2.75, 3.05) is 23.7 Å². The van der Waals surface area contributed by atoms with Crippen LogP contribution >= 0.6 is 0 Å². The smallest absolute Gasteiger partial charge is 0.225 e. The Morgan fingerprint density at radius 2 is 1.07 bits per heavy atom. The SMILES string of the molecule is NCCC(=O)Nc1ccccc1-c1ccc(-c2ccccc2NC(=O)CCN)nn1. The number of nitrogens with two attached hydrogens (primary N) is 2. The summed E-state index contributed by atoms with van der Waals surface area (Å²) in [5, 5.41) is 14.4.